The second-order valence-corrected chi connectivity index (χ2v) is 7.87. The summed E-state index contributed by atoms with van der Waals surface area (Å²) in [5.74, 6) is -0.396. The van der Waals surface area contributed by atoms with Gasteiger partial charge in [-0.25, -0.2) is 8.42 Å². The molecule has 1 amide bonds. The monoisotopic (exact) mass is 391 g/mol. The van der Waals surface area contributed by atoms with Crippen LogP contribution in [0.2, 0.25) is 0 Å². The lowest BCUT2D eigenvalue weighted by Gasteiger charge is -2.23. The third-order valence-electron chi connectivity index (χ3n) is 3.52. The largest absolute Gasteiger partial charge is 0.491 e. The van der Waals surface area contributed by atoms with Gasteiger partial charge in [-0.1, -0.05) is 0 Å². The lowest BCUT2D eigenvalue weighted by Crippen LogP contribution is -2.45. The van der Waals surface area contributed by atoms with Crippen LogP contribution in [-0.2, 0) is 14.8 Å². The van der Waals surface area contributed by atoms with Crippen molar-refractivity contribution in [3.63, 3.8) is 0 Å². The molecule has 1 heterocycles. The topological polar surface area (TPSA) is 96.5 Å². The van der Waals surface area contributed by atoms with Gasteiger partial charge in [0.15, 0.2) is 0 Å². The Morgan fingerprint density at radius 2 is 1.84 bits per heavy atom. The third kappa shape index (κ3) is 7.94. The van der Waals surface area contributed by atoms with E-state index in [1.807, 2.05) is 13.8 Å². The molecule has 1 aromatic rings. The molecule has 25 heavy (non-hydrogen) atoms. The molecule has 0 atom stereocenters. The van der Waals surface area contributed by atoms with Gasteiger partial charge in [-0.05, 0) is 64.0 Å². The van der Waals surface area contributed by atoms with Crippen molar-refractivity contribution in [1.29, 1.82) is 0 Å². The fourth-order valence-electron chi connectivity index (χ4n) is 2.50. The van der Waals surface area contributed by atoms with Crippen LogP contribution in [-0.4, -0.2) is 45.3 Å². The fraction of sp³-hybridized carbons (Fsp3) is 0.562. The number of nitrogens with one attached hydrogen (secondary N) is 3. The number of halogens is 1. The summed E-state index contributed by atoms with van der Waals surface area (Å²) in [6, 6.07) is 6.64. The van der Waals surface area contributed by atoms with Crippen molar-refractivity contribution >= 4 is 34.0 Å². The zero-order valence-electron chi connectivity index (χ0n) is 14.4. The lowest BCUT2D eigenvalue weighted by atomic mass is 10.1. The molecule has 1 aliphatic heterocycles. The van der Waals surface area contributed by atoms with Gasteiger partial charge in [-0.3, -0.25) is 9.52 Å². The molecular formula is C16H26ClN3O4S. The van der Waals surface area contributed by atoms with Crippen LogP contribution < -0.4 is 20.1 Å². The smallest absolute Gasteiger partial charge is 0.241 e. The highest BCUT2D eigenvalue weighted by molar-refractivity contribution is 7.93. The lowest BCUT2D eigenvalue weighted by molar-refractivity contribution is -0.119. The zero-order valence-corrected chi connectivity index (χ0v) is 16.1. The number of piperidine rings is 1. The summed E-state index contributed by atoms with van der Waals surface area (Å²) in [6.45, 7) is 5.50. The van der Waals surface area contributed by atoms with E-state index in [0.29, 0.717) is 11.4 Å². The van der Waals surface area contributed by atoms with Crippen molar-refractivity contribution in [2.75, 3.05) is 23.6 Å². The molecule has 0 unspecified atom stereocenters. The Balaban J connectivity index is 0.00000312. The van der Waals surface area contributed by atoms with Crippen molar-refractivity contribution in [3.8, 4) is 5.75 Å². The van der Waals surface area contributed by atoms with Crippen LogP contribution in [0.5, 0.6) is 5.75 Å². The third-order valence-corrected chi connectivity index (χ3v) is 4.71. The Morgan fingerprint density at radius 3 is 2.40 bits per heavy atom. The summed E-state index contributed by atoms with van der Waals surface area (Å²) in [6.07, 6.45) is 1.68. The van der Waals surface area contributed by atoms with Gasteiger partial charge in [0.25, 0.3) is 0 Å². The number of rotatable bonds is 7. The minimum atomic E-state index is -3.74. The van der Waals surface area contributed by atoms with E-state index in [1.54, 1.807) is 24.3 Å². The molecule has 0 saturated carbocycles. The van der Waals surface area contributed by atoms with Gasteiger partial charge >= 0.3 is 0 Å². The van der Waals surface area contributed by atoms with Crippen LogP contribution in [0.25, 0.3) is 0 Å². The quantitative estimate of drug-likeness (QED) is 0.654. The van der Waals surface area contributed by atoms with E-state index in [1.165, 1.54) is 0 Å². The number of amides is 1. The highest BCUT2D eigenvalue weighted by atomic mass is 35.5. The second-order valence-electron chi connectivity index (χ2n) is 6.14. The molecule has 2 rings (SSSR count). The molecular weight excluding hydrogens is 366 g/mol. The standard InChI is InChI=1S/C16H25N3O4S.ClH/c1-12(2)23-15-5-3-14(4-6-15)19-24(21,22)11-16(20)18-13-7-9-17-10-8-13;/h3-6,12-13,17,19H,7-11H2,1-2H3,(H,18,20);1H. The Morgan fingerprint density at radius 1 is 1.24 bits per heavy atom. The number of anilines is 1. The summed E-state index contributed by atoms with van der Waals surface area (Å²) in [4.78, 5) is 11.9. The van der Waals surface area contributed by atoms with Crippen LogP contribution in [0.1, 0.15) is 26.7 Å². The van der Waals surface area contributed by atoms with Crippen molar-refractivity contribution < 1.29 is 17.9 Å². The van der Waals surface area contributed by atoms with Gasteiger partial charge < -0.3 is 15.4 Å². The maximum atomic E-state index is 12.1. The van der Waals surface area contributed by atoms with Crippen molar-refractivity contribution in [2.24, 2.45) is 0 Å². The van der Waals surface area contributed by atoms with E-state index >= 15 is 0 Å². The SMILES string of the molecule is CC(C)Oc1ccc(NS(=O)(=O)CC(=O)NC2CCNCC2)cc1.Cl. The number of hydrogen-bond acceptors (Lipinski definition) is 5. The van der Waals surface area contributed by atoms with Gasteiger partial charge in [-0.15, -0.1) is 12.4 Å². The molecule has 142 valence electrons. The predicted octanol–water partition coefficient (Wildman–Crippen LogP) is 1.51. The first-order valence-electron chi connectivity index (χ1n) is 8.11. The average Bonchev–Trinajstić information content (AvgIpc) is 2.48. The first kappa shape index (κ1) is 21.5. The average molecular weight is 392 g/mol. The summed E-state index contributed by atoms with van der Waals surface area (Å²) in [7, 11) is -3.74. The van der Waals surface area contributed by atoms with Crippen molar-refractivity contribution in [3.05, 3.63) is 24.3 Å². The number of ether oxygens (including phenoxy) is 1. The van der Waals surface area contributed by atoms with E-state index in [2.05, 4.69) is 15.4 Å². The van der Waals surface area contributed by atoms with E-state index < -0.39 is 21.7 Å². The molecule has 3 N–H and O–H groups in total. The molecule has 0 bridgehead atoms. The summed E-state index contributed by atoms with van der Waals surface area (Å²) in [5.41, 5.74) is 0.403. The first-order chi connectivity index (χ1) is 11.3. The molecule has 1 fully saturated rings. The van der Waals surface area contributed by atoms with E-state index in [9.17, 15) is 13.2 Å². The van der Waals surface area contributed by atoms with E-state index in [-0.39, 0.29) is 24.6 Å². The van der Waals surface area contributed by atoms with Crippen LogP contribution in [0, 0.1) is 0 Å². The predicted molar refractivity (Wildman–Crippen MR) is 101 cm³/mol. The zero-order chi connectivity index (χ0) is 17.6. The van der Waals surface area contributed by atoms with Gasteiger partial charge in [0, 0.05) is 11.7 Å². The van der Waals surface area contributed by atoms with Gasteiger partial charge in [0.05, 0.1) is 6.10 Å². The second kappa shape index (κ2) is 9.84. The van der Waals surface area contributed by atoms with Crippen molar-refractivity contribution in [1.82, 2.24) is 10.6 Å². The van der Waals surface area contributed by atoms with E-state index in [0.717, 1.165) is 25.9 Å². The molecule has 0 spiro atoms. The summed E-state index contributed by atoms with van der Waals surface area (Å²) >= 11 is 0. The van der Waals surface area contributed by atoms with Crippen molar-refractivity contribution in [2.45, 2.75) is 38.8 Å². The maximum absolute atomic E-state index is 12.1. The summed E-state index contributed by atoms with van der Waals surface area (Å²) in [5, 5.41) is 5.97. The maximum Gasteiger partial charge on any atom is 0.241 e. The first-order valence-corrected chi connectivity index (χ1v) is 9.76. The Hall–Kier alpha value is -1.51. The van der Waals surface area contributed by atoms with E-state index in [4.69, 9.17) is 4.74 Å². The number of benzene rings is 1. The van der Waals surface area contributed by atoms with Gasteiger partial charge in [0.2, 0.25) is 15.9 Å². The highest BCUT2D eigenvalue weighted by Gasteiger charge is 2.20. The van der Waals surface area contributed by atoms with Gasteiger partial charge in [-0.2, -0.15) is 0 Å². The molecule has 9 heteroatoms. The number of sulfonamides is 1. The van der Waals surface area contributed by atoms with Crippen LogP contribution in [0.15, 0.2) is 24.3 Å². The molecule has 7 nitrogen and oxygen atoms in total. The minimum absolute atomic E-state index is 0. The Bertz CT molecular complexity index is 644. The van der Waals surface area contributed by atoms with Crippen LogP contribution >= 0.6 is 12.4 Å². The normalized spacial score (nSPS) is 15.3. The van der Waals surface area contributed by atoms with Crippen LogP contribution in [0.4, 0.5) is 5.69 Å². The molecule has 0 aliphatic carbocycles. The fourth-order valence-corrected chi connectivity index (χ4v) is 3.49. The van der Waals surface area contributed by atoms with Crippen LogP contribution in [0.3, 0.4) is 0 Å². The molecule has 1 saturated heterocycles. The number of hydrogen-bond donors (Lipinski definition) is 3. The minimum Gasteiger partial charge on any atom is -0.491 e. The number of carbonyl (C=O) groups is 1. The highest BCUT2D eigenvalue weighted by Crippen LogP contribution is 2.17. The Labute approximate surface area is 155 Å². The molecule has 1 aliphatic rings. The molecule has 1 aromatic carbocycles. The summed E-state index contributed by atoms with van der Waals surface area (Å²) < 4.78 is 32.1. The molecule has 0 radical (unpaired) electrons. The van der Waals surface area contributed by atoms with Gasteiger partial charge in [0.1, 0.15) is 11.5 Å². The Kier molecular flexibility index (Phi) is 8.47. The number of carbonyl (C=O) groups excluding carboxylic acids is 1. The molecule has 0 aromatic heterocycles.